The smallest absolute Gasteiger partial charge is 0.222 e. The average molecular weight is 297 g/mol. The molecule has 1 aliphatic rings. The van der Waals surface area contributed by atoms with Crippen molar-refractivity contribution in [1.82, 2.24) is 9.88 Å². The summed E-state index contributed by atoms with van der Waals surface area (Å²) < 4.78 is 13.3. The molecule has 1 saturated heterocycles. The number of halogens is 1. The Morgan fingerprint density at radius 2 is 2.24 bits per heavy atom. The van der Waals surface area contributed by atoms with Gasteiger partial charge in [-0.2, -0.15) is 0 Å². The molecule has 0 aliphatic carbocycles. The lowest BCUT2D eigenvalue weighted by atomic mass is 10.0. The van der Waals surface area contributed by atoms with Crippen molar-refractivity contribution >= 4 is 11.7 Å². The Labute approximate surface area is 122 Å². The van der Waals surface area contributed by atoms with Crippen molar-refractivity contribution < 1.29 is 19.4 Å². The van der Waals surface area contributed by atoms with Crippen LogP contribution in [-0.2, 0) is 11.4 Å². The number of nitrogens with zero attached hydrogens (tertiary/aromatic N) is 3. The first-order chi connectivity index (χ1) is 9.92. The number of aromatic nitrogens is 1. The molecule has 0 aromatic carbocycles. The van der Waals surface area contributed by atoms with Crippen molar-refractivity contribution in [2.24, 2.45) is 5.92 Å². The van der Waals surface area contributed by atoms with Crippen LogP contribution >= 0.6 is 0 Å². The minimum Gasteiger partial charge on any atom is -0.392 e. The Hall–Kier alpha value is -1.73. The van der Waals surface area contributed by atoms with Crippen molar-refractivity contribution in [3.8, 4) is 0 Å². The van der Waals surface area contributed by atoms with Crippen molar-refractivity contribution in [2.75, 3.05) is 32.1 Å². The molecule has 0 bridgehead atoms. The molecule has 0 saturated carbocycles. The summed E-state index contributed by atoms with van der Waals surface area (Å²) in [6.45, 7) is 0.416. The summed E-state index contributed by atoms with van der Waals surface area (Å²) in [6.07, 6.45) is 0.697. The molecule has 1 fully saturated rings. The number of hydrogen-bond acceptors (Lipinski definition) is 5. The molecule has 2 N–H and O–H groups in total. The lowest BCUT2D eigenvalue weighted by Crippen LogP contribution is -2.28. The van der Waals surface area contributed by atoms with E-state index in [4.69, 9.17) is 5.11 Å². The van der Waals surface area contributed by atoms with Crippen molar-refractivity contribution in [1.29, 1.82) is 0 Å². The van der Waals surface area contributed by atoms with E-state index in [1.807, 2.05) is 0 Å². The molecular weight excluding hydrogens is 277 g/mol. The predicted octanol–water partition coefficient (Wildman–Crippen LogP) is -0.0116. The highest BCUT2D eigenvalue weighted by Gasteiger charge is 2.34. The van der Waals surface area contributed by atoms with Gasteiger partial charge in [0.05, 0.1) is 18.9 Å². The highest BCUT2D eigenvalue weighted by molar-refractivity contribution is 5.76. The number of amides is 1. The largest absolute Gasteiger partial charge is 0.392 e. The van der Waals surface area contributed by atoms with Gasteiger partial charge in [0.25, 0.3) is 0 Å². The van der Waals surface area contributed by atoms with E-state index in [0.717, 1.165) is 6.20 Å². The fourth-order valence-electron chi connectivity index (χ4n) is 2.41. The number of β-amino-alcohol motifs (C(OH)–C–C–N with tert-alkyl or cyclic N) is 1. The average Bonchev–Trinajstić information content (AvgIpc) is 2.80. The number of hydrogen-bond donors (Lipinski definition) is 2. The molecule has 116 valence electrons. The Morgan fingerprint density at radius 1 is 1.52 bits per heavy atom. The van der Waals surface area contributed by atoms with Crippen LogP contribution in [0.25, 0.3) is 0 Å². The molecule has 6 nitrogen and oxygen atoms in total. The lowest BCUT2D eigenvalue weighted by molar-refractivity contribution is -0.130. The normalized spacial score (nSPS) is 21.7. The van der Waals surface area contributed by atoms with E-state index in [0.29, 0.717) is 18.9 Å². The Kier molecular flexibility index (Phi) is 4.74. The van der Waals surface area contributed by atoms with Crippen molar-refractivity contribution in [2.45, 2.75) is 19.1 Å². The lowest BCUT2D eigenvalue weighted by Gasteiger charge is -2.18. The minimum absolute atomic E-state index is 0.0380. The molecule has 2 atom stereocenters. The first-order valence-electron chi connectivity index (χ1n) is 6.80. The summed E-state index contributed by atoms with van der Waals surface area (Å²) in [6, 6.07) is 1.47. The Balaban J connectivity index is 2.08. The number of aliphatic hydroxyl groups excluding tert-OH is 2. The summed E-state index contributed by atoms with van der Waals surface area (Å²) in [5.41, 5.74) is 0.169. The number of pyridine rings is 1. The molecule has 2 heterocycles. The van der Waals surface area contributed by atoms with E-state index in [1.54, 1.807) is 19.0 Å². The third kappa shape index (κ3) is 3.48. The molecule has 1 aromatic heterocycles. The van der Waals surface area contributed by atoms with Gasteiger partial charge < -0.3 is 20.0 Å². The van der Waals surface area contributed by atoms with Gasteiger partial charge in [-0.15, -0.1) is 0 Å². The molecule has 0 radical (unpaired) electrons. The number of carbonyl (C=O) groups is 1. The molecule has 7 heteroatoms. The molecule has 0 unspecified atom stereocenters. The van der Waals surface area contributed by atoms with E-state index in [1.165, 1.54) is 11.0 Å². The first kappa shape index (κ1) is 15.7. The Bertz CT molecular complexity index is 524. The van der Waals surface area contributed by atoms with Crippen LogP contribution in [0.3, 0.4) is 0 Å². The fraction of sp³-hybridized carbons (Fsp3) is 0.571. The van der Waals surface area contributed by atoms with Crippen molar-refractivity contribution in [3.63, 3.8) is 0 Å². The van der Waals surface area contributed by atoms with E-state index in [9.17, 15) is 14.3 Å². The van der Waals surface area contributed by atoms with Gasteiger partial charge in [0.1, 0.15) is 11.6 Å². The fourth-order valence-corrected chi connectivity index (χ4v) is 2.41. The summed E-state index contributed by atoms with van der Waals surface area (Å²) in [5.74, 6) is -0.270. The monoisotopic (exact) mass is 297 g/mol. The second kappa shape index (κ2) is 6.36. The summed E-state index contributed by atoms with van der Waals surface area (Å²) in [5, 5.41) is 19.2. The minimum atomic E-state index is -0.627. The topological polar surface area (TPSA) is 76.9 Å². The zero-order valence-electron chi connectivity index (χ0n) is 12.2. The van der Waals surface area contributed by atoms with Gasteiger partial charge in [0.2, 0.25) is 5.91 Å². The maximum absolute atomic E-state index is 13.3. The van der Waals surface area contributed by atoms with Crippen LogP contribution < -0.4 is 4.90 Å². The van der Waals surface area contributed by atoms with Crippen LogP contribution in [0.4, 0.5) is 10.2 Å². The zero-order valence-corrected chi connectivity index (χ0v) is 12.2. The standard InChI is InChI=1S/C14H20FN3O3/c1-17(2)14(21)4-9-6-18(7-12(9)20)13-3-10(8-19)11(15)5-16-13/h3,5,9,12,19-20H,4,6-8H2,1-2H3/t9-,12-/m1/s1. The molecule has 21 heavy (non-hydrogen) atoms. The summed E-state index contributed by atoms with van der Waals surface area (Å²) in [7, 11) is 3.35. The number of carbonyl (C=O) groups excluding carboxylic acids is 1. The molecule has 0 spiro atoms. The van der Waals surface area contributed by atoms with Crippen LogP contribution in [0.5, 0.6) is 0 Å². The highest BCUT2D eigenvalue weighted by Crippen LogP contribution is 2.26. The van der Waals surface area contributed by atoms with Gasteiger partial charge in [-0.25, -0.2) is 9.37 Å². The second-order valence-electron chi connectivity index (χ2n) is 5.52. The van der Waals surface area contributed by atoms with Gasteiger partial charge in [-0.1, -0.05) is 0 Å². The molecule has 1 amide bonds. The third-order valence-electron chi connectivity index (χ3n) is 3.76. The summed E-state index contributed by atoms with van der Waals surface area (Å²) in [4.78, 5) is 19.0. The maximum atomic E-state index is 13.3. The van der Waals surface area contributed by atoms with Gasteiger partial charge in [0.15, 0.2) is 0 Å². The van der Waals surface area contributed by atoms with Crippen LogP contribution in [0.15, 0.2) is 12.3 Å². The van der Waals surface area contributed by atoms with E-state index >= 15 is 0 Å². The van der Waals surface area contributed by atoms with E-state index in [2.05, 4.69) is 4.98 Å². The van der Waals surface area contributed by atoms with Crippen LogP contribution in [0.1, 0.15) is 12.0 Å². The maximum Gasteiger partial charge on any atom is 0.222 e. The van der Waals surface area contributed by atoms with Crippen molar-refractivity contribution in [3.05, 3.63) is 23.6 Å². The van der Waals surface area contributed by atoms with Crippen LogP contribution in [-0.4, -0.2) is 59.3 Å². The number of aliphatic hydroxyl groups is 2. The van der Waals surface area contributed by atoms with Gasteiger partial charge >= 0.3 is 0 Å². The van der Waals surface area contributed by atoms with Gasteiger partial charge in [0, 0.05) is 45.1 Å². The first-order valence-corrected chi connectivity index (χ1v) is 6.80. The molecule has 1 aliphatic heterocycles. The van der Waals surface area contributed by atoms with Crippen LogP contribution in [0, 0.1) is 11.7 Å². The zero-order chi connectivity index (χ0) is 15.6. The molecule has 1 aromatic rings. The van der Waals surface area contributed by atoms with Crippen LogP contribution in [0.2, 0.25) is 0 Å². The Morgan fingerprint density at radius 3 is 2.86 bits per heavy atom. The third-order valence-corrected chi connectivity index (χ3v) is 3.76. The quantitative estimate of drug-likeness (QED) is 0.817. The van der Waals surface area contributed by atoms with E-state index in [-0.39, 0.29) is 23.8 Å². The summed E-state index contributed by atoms with van der Waals surface area (Å²) >= 11 is 0. The number of anilines is 1. The molecule has 2 rings (SSSR count). The predicted molar refractivity (Wildman–Crippen MR) is 75.1 cm³/mol. The van der Waals surface area contributed by atoms with Gasteiger partial charge in [-0.3, -0.25) is 4.79 Å². The highest BCUT2D eigenvalue weighted by atomic mass is 19.1. The number of rotatable bonds is 4. The SMILES string of the molecule is CN(C)C(=O)C[C@@H]1CN(c2cc(CO)c(F)cn2)C[C@H]1O. The second-order valence-corrected chi connectivity index (χ2v) is 5.52. The van der Waals surface area contributed by atoms with Gasteiger partial charge in [-0.05, 0) is 6.07 Å². The molecular formula is C14H20FN3O3. The van der Waals surface area contributed by atoms with E-state index < -0.39 is 18.5 Å².